The van der Waals surface area contributed by atoms with Crippen LogP contribution in [0.25, 0.3) is 10.9 Å². The van der Waals surface area contributed by atoms with Gasteiger partial charge in [-0.05, 0) is 48.9 Å². The van der Waals surface area contributed by atoms with E-state index in [1.807, 2.05) is 41.9 Å². The van der Waals surface area contributed by atoms with E-state index in [0.717, 1.165) is 41.4 Å². The lowest BCUT2D eigenvalue weighted by Gasteiger charge is -2.11. The molecule has 1 atom stereocenters. The van der Waals surface area contributed by atoms with Crippen LogP contribution in [0.2, 0.25) is 5.02 Å². The van der Waals surface area contributed by atoms with Crippen molar-refractivity contribution < 1.29 is 19.4 Å². The Morgan fingerprint density at radius 1 is 1.22 bits per heavy atom. The van der Waals surface area contributed by atoms with E-state index >= 15 is 0 Å². The Labute approximate surface area is 193 Å². The quantitative estimate of drug-likeness (QED) is 0.289. The fraction of sp³-hybridized carbons (Fsp3) is 0.400. The van der Waals surface area contributed by atoms with Crippen molar-refractivity contribution in [3.8, 4) is 0 Å². The summed E-state index contributed by atoms with van der Waals surface area (Å²) in [6.07, 6.45) is 6.13. The van der Waals surface area contributed by atoms with Gasteiger partial charge in [-0.15, -0.1) is 0 Å². The van der Waals surface area contributed by atoms with Crippen molar-refractivity contribution in [2.24, 2.45) is 13.0 Å². The maximum Gasteiger partial charge on any atom is 0.303 e. The molecule has 3 aromatic rings. The standard InChI is InChI=1S/C25H29ClN2O4/c1-17(13-24(30)31)12-23(29)25-20-9-10-27-15-22(20)28(2)21(25)8-3-4-11-32-16-18-6-5-7-19(26)14-18/h5-7,9-10,14-15,17H,3-4,8,11-13,16H2,1-2H3,(H,30,31)/t17-/m1/s1. The van der Waals surface area contributed by atoms with Crippen LogP contribution in [0, 0.1) is 5.92 Å². The highest BCUT2D eigenvalue weighted by molar-refractivity contribution is 6.30. The van der Waals surface area contributed by atoms with E-state index in [1.54, 1.807) is 19.3 Å². The molecule has 0 aliphatic rings. The minimum atomic E-state index is -0.884. The maximum absolute atomic E-state index is 13.1. The summed E-state index contributed by atoms with van der Waals surface area (Å²) in [5, 5.41) is 10.6. The molecule has 0 aliphatic heterocycles. The first-order valence-electron chi connectivity index (χ1n) is 10.8. The summed E-state index contributed by atoms with van der Waals surface area (Å²) in [6.45, 7) is 2.94. The molecule has 0 saturated carbocycles. The number of carboxylic acids is 1. The predicted octanol–water partition coefficient (Wildman–Crippen LogP) is 5.45. The van der Waals surface area contributed by atoms with Crippen molar-refractivity contribution in [2.75, 3.05) is 6.61 Å². The number of aryl methyl sites for hydroxylation is 1. The lowest BCUT2D eigenvalue weighted by Crippen LogP contribution is -2.12. The minimum Gasteiger partial charge on any atom is -0.481 e. The number of halogens is 1. The van der Waals surface area contributed by atoms with Crippen molar-refractivity contribution in [3.63, 3.8) is 0 Å². The molecule has 7 heteroatoms. The van der Waals surface area contributed by atoms with E-state index in [0.29, 0.717) is 23.8 Å². The number of pyridine rings is 1. The van der Waals surface area contributed by atoms with Gasteiger partial charge in [0.1, 0.15) is 0 Å². The number of rotatable bonds is 12. The Bertz CT molecular complexity index is 1090. The summed E-state index contributed by atoms with van der Waals surface area (Å²) in [5.74, 6) is -1.11. The molecule has 0 radical (unpaired) electrons. The van der Waals surface area contributed by atoms with Gasteiger partial charge < -0.3 is 14.4 Å². The third kappa shape index (κ3) is 6.17. The first-order chi connectivity index (χ1) is 15.4. The van der Waals surface area contributed by atoms with Crippen molar-refractivity contribution in [3.05, 3.63) is 64.6 Å². The van der Waals surface area contributed by atoms with Gasteiger partial charge in [0, 0.05) is 54.4 Å². The van der Waals surface area contributed by atoms with Gasteiger partial charge in [-0.3, -0.25) is 14.6 Å². The number of ether oxygens (including phenoxy) is 1. The first-order valence-corrected chi connectivity index (χ1v) is 11.2. The van der Waals surface area contributed by atoms with Crippen LogP contribution in [0.3, 0.4) is 0 Å². The average Bonchev–Trinajstić information content (AvgIpc) is 3.02. The van der Waals surface area contributed by atoms with E-state index in [9.17, 15) is 9.59 Å². The zero-order valence-corrected chi connectivity index (χ0v) is 19.3. The van der Waals surface area contributed by atoms with Crippen molar-refractivity contribution in [1.82, 2.24) is 9.55 Å². The van der Waals surface area contributed by atoms with Gasteiger partial charge in [-0.1, -0.05) is 30.7 Å². The van der Waals surface area contributed by atoms with Crippen LogP contribution in [-0.2, 0) is 29.6 Å². The smallest absolute Gasteiger partial charge is 0.303 e. The molecule has 32 heavy (non-hydrogen) atoms. The molecule has 0 saturated heterocycles. The number of carbonyl (C=O) groups excluding carboxylic acids is 1. The van der Waals surface area contributed by atoms with Crippen molar-refractivity contribution in [2.45, 2.75) is 45.6 Å². The SMILES string of the molecule is C[C@@H](CC(=O)O)CC(=O)c1c(CCCCOCc2cccc(Cl)c2)n(C)c2cnccc12. The predicted molar refractivity (Wildman–Crippen MR) is 125 cm³/mol. The Kier molecular flexibility index (Phi) is 8.42. The van der Waals surface area contributed by atoms with Crippen LogP contribution in [-0.4, -0.2) is 33.0 Å². The summed E-state index contributed by atoms with van der Waals surface area (Å²) < 4.78 is 7.80. The summed E-state index contributed by atoms with van der Waals surface area (Å²) in [5.41, 5.74) is 3.62. The number of hydrogen-bond donors (Lipinski definition) is 1. The molecule has 170 valence electrons. The monoisotopic (exact) mass is 456 g/mol. The molecule has 0 amide bonds. The minimum absolute atomic E-state index is 0.0113. The van der Waals surface area contributed by atoms with E-state index < -0.39 is 5.97 Å². The van der Waals surface area contributed by atoms with Gasteiger partial charge in [0.2, 0.25) is 0 Å². The van der Waals surface area contributed by atoms with Crippen LogP contribution in [0.5, 0.6) is 0 Å². The lowest BCUT2D eigenvalue weighted by molar-refractivity contribution is -0.137. The molecule has 0 spiro atoms. The Morgan fingerprint density at radius 2 is 2.03 bits per heavy atom. The van der Waals surface area contributed by atoms with Gasteiger partial charge in [0.25, 0.3) is 0 Å². The second-order valence-electron chi connectivity index (χ2n) is 8.24. The van der Waals surface area contributed by atoms with Gasteiger partial charge in [0.05, 0.1) is 18.3 Å². The van der Waals surface area contributed by atoms with E-state index in [2.05, 4.69) is 4.98 Å². The lowest BCUT2D eigenvalue weighted by atomic mass is 9.94. The van der Waals surface area contributed by atoms with Crippen LogP contribution >= 0.6 is 11.6 Å². The van der Waals surface area contributed by atoms with E-state index in [-0.39, 0.29) is 24.5 Å². The zero-order valence-electron chi connectivity index (χ0n) is 18.5. The molecule has 1 N–H and O–H groups in total. The fourth-order valence-corrected chi connectivity index (χ4v) is 4.25. The molecule has 0 aliphatic carbocycles. The Balaban J connectivity index is 1.63. The van der Waals surface area contributed by atoms with Gasteiger partial charge in [0.15, 0.2) is 5.78 Å². The van der Waals surface area contributed by atoms with Crippen molar-refractivity contribution >= 4 is 34.3 Å². The number of nitrogens with zero attached hydrogens (tertiary/aromatic N) is 2. The Morgan fingerprint density at radius 3 is 2.78 bits per heavy atom. The van der Waals surface area contributed by atoms with Crippen LogP contribution in [0.1, 0.15) is 54.2 Å². The molecule has 6 nitrogen and oxygen atoms in total. The maximum atomic E-state index is 13.1. The summed E-state index contributed by atoms with van der Waals surface area (Å²) in [6, 6.07) is 9.49. The Hall–Kier alpha value is -2.70. The second-order valence-corrected chi connectivity index (χ2v) is 8.68. The first kappa shape index (κ1) is 24.0. The third-order valence-electron chi connectivity index (χ3n) is 5.57. The molecular formula is C25H29ClN2O4. The molecule has 0 unspecified atom stereocenters. The topological polar surface area (TPSA) is 81.4 Å². The number of unbranched alkanes of at least 4 members (excludes halogenated alkanes) is 1. The summed E-state index contributed by atoms with van der Waals surface area (Å²) >= 11 is 6.00. The molecule has 0 fully saturated rings. The van der Waals surface area contributed by atoms with E-state index in [4.69, 9.17) is 21.4 Å². The molecule has 0 bridgehead atoms. The van der Waals surface area contributed by atoms with Crippen LogP contribution in [0.4, 0.5) is 0 Å². The molecule has 3 rings (SSSR count). The molecule has 1 aromatic carbocycles. The van der Waals surface area contributed by atoms with E-state index in [1.165, 1.54) is 0 Å². The highest BCUT2D eigenvalue weighted by atomic mass is 35.5. The number of ketones is 1. The van der Waals surface area contributed by atoms with Gasteiger partial charge in [-0.25, -0.2) is 0 Å². The number of aliphatic carboxylic acids is 1. The number of fused-ring (bicyclic) bond motifs is 1. The zero-order chi connectivity index (χ0) is 23.1. The van der Waals surface area contributed by atoms with Gasteiger partial charge in [-0.2, -0.15) is 0 Å². The van der Waals surface area contributed by atoms with Crippen LogP contribution < -0.4 is 0 Å². The largest absolute Gasteiger partial charge is 0.481 e. The molecule has 2 heterocycles. The number of carbonyl (C=O) groups is 2. The normalized spacial score (nSPS) is 12.2. The summed E-state index contributed by atoms with van der Waals surface area (Å²) in [7, 11) is 1.95. The number of Topliss-reactive ketones (excluding diaryl/α,β-unsaturated/α-hetero) is 1. The van der Waals surface area contributed by atoms with Crippen molar-refractivity contribution in [1.29, 1.82) is 0 Å². The number of carboxylic acid groups (broad SMARTS) is 1. The highest BCUT2D eigenvalue weighted by Crippen LogP contribution is 2.28. The number of aromatic nitrogens is 2. The molecular weight excluding hydrogens is 428 g/mol. The second kappa shape index (κ2) is 11.2. The summed E-state index contributed by atoms with van der Waals surface area (Å²) in [4.78, 5) is 28.4. The molecule has 2 aromatic heterocycles. The average molecular weight is 457 g/mol. The number of benzene rings is 1. The fourth-order valence-electron chi connectivity index (χ4n) is 4.04. The highest BCUT2D eigenvalue weighted by Gasteiger charge is 2.23. The third-order valence-corrected chi connectivity index (χ3v) is 5.81. The van der Waals surface area contributed by atoms with Gasteiger partial charge >= 0.3 is 5.97 Å². The van der Waals surface area contributed by atoms with Crippen LogP contribution in [0.15, 0.2) is 42.7 Å². The number of hydrogen-bond acceptors (Lipinski definition) is 4.